The summed E-state index contributed by atoms with van der Waals surface area (Å²) in [6.07, 6.45) is 15.5. The molecule has 1 N–H and O–H groups in total. The maximum atomic E-state index is 3.67. The van der Waals surface area contributed by atoms with Crippen molar-refractivity contribution in [2.45, 2.75) is 141 Å². The van der Waals surface area contributed by atoms with Crippen molar-refractivity contribution in [3.05, 3.63) is 96.4 Å². The summed E-state index contributed by atoms with van der Waals surface area (Å²) in [7, 11) is 0. The first-order valence-electron chi connectivity index (χ1n) is 16.5. The van der Waals surface area contributed by atoms with Crippen molar-refractivity contribution < 1.29 is 0 Å². The van der Waals surface area contributed by atoms with Gasteiger partial charge in [0, 0.05) is 6.20 Å². The van der Waals surface area contributed by atoms with Gasteiger partial charge in [0.1, 0.15) is 0 Å². The van der Waals surface area contributed by atoms with Crippen molar-refractivity contribution in [3.63, 3.8) is 0 Å². The van der Waals surface area contributed by atoms with Crippen molar-refractivity contribution in [2.75, 3.05) is 0 Å². The summed E-state index contributed by atoms with van der Waals surface area (Å²) in [6.45, 7) is 34.9. The smallest absolute Gasteiger partial charge is 0.000661 e. The predicted octanol–water partition coefficient (Wildman–Crippen LogP) is 13.7. The van der Waals surface area contributed by atoms with Crippen LogP contribution in [0.4, 0.5) is 0 Å². The van der Waals surface area contributed by atoms with Crippen LogP contribution in [-0.4, -0.2) is 0 Å². The van der Waals surface area contributed by atoms with E-state index in [9.17, 15) is 0 Å². The molecule has 1 nitrogen and oxygen atoms in total. The Morgan fingerprint density at radius 1 is 0.829 bits per heavy atom. The lowest BCUT2D eigenvalue weighted by Gasteiger charge is -2.10. The van der Waals surface area contributed by atoms with Gasteiger partial charge in [0.25, 0.3) is 0 Å². The molecule has 0 spiro atoms. The summed E-state index contributed by atoms with van der Waals surface area (Å²) in [6, 6.07) is 15.8. The molecule has 236 valence electrons. The SMILES string of the molecule is C=CN/C=C/C(=C)C.CC.CC(C)C.CCC.CCCCCC.CCCc1cccc(-c2cc(CC)ccc2C)c1. The van der Waals surface area contributed by atoms with Gasteiger partial charge in [-0.15, -0.1) is 0 Å². The summed E-state index contributed by atoms with van der Waals surface area (Å²) in [5.74, 6) is 0.833. The molecule has 41 heavy (non-hydrogen) atoms. The third-order valence-corrected chi connectivity index (χ3v) is 5.03. The fourth-order valence-corrected chi connectivity index (χ4v) is 3.14. The predicted molar refractivity (Wildman–Crippen MR) is 195 cm³/mol. The number of hydrogen-bond acceptors (Lipinski definition) is 1. The Labute approximate surface area is 259 Å². The molecule has 0 unspecified atom stereocenters. The number of unbranched alkanes of at least 4 members (excludes halogenated alkanes) is 3. The molecular formula is C40H71N. The molecular weight excluding hydrogens is 494 g/mol. The summed E-state index contributed by atoms with van der Waals surface area (Å²) >= 11 is 0. The second-order valence-corrected chi connectivity index (χ2v) is 10.6. The normalized spacial score (nSPS) is 9.22. The van der Waals surface area contributed by atoms with Crippen LogP contribution in [0.3, 0.4) is 0 Å². The second kappa shape index (κ2) is 35.5. The highest BCUT2D eigenvalue weighted by Gasteiger charge is 2.04. The van der Waals surface area contributed by atoms with Crippen LogP contribution in [0.2, 0.25) is 0 Å². The van der Waals surface area contributed by atoms with E-state index in [4.69, 9.17) is 0 Å². The van der Waals surface area contributed by atoms with Gasteiger partial charge in [0.05, 0.1) is 0 Å². The van der Waals surface area contributed by atoms with Gasteiger partial charge in [-0.1, -0.05) is 176 Å². The molecule has 0 heterocycles. The van der Waals surface area contributed by atoms with E-state index in [2.05, 4.69) is 130 Å². The Hall–Kier alpha value is -2.54. The van der Waals surface area contributed by atoms with Crippen molar-refractivity contribution >= 4 is 0 Å². The van der Waals surface area contributed by atoms with Gasteiger partial charge in [-0.25, -0.2) is 0 Å². The van der Waals surface area contributed by atoms with E-state index in [-0.39, 0.29) is 0 Å². The largest absolute Gasteiger partial charge is 0.368 e. The summed E-state index contributed by atoms with van der Waals surface area (Å²) in [4.78, 5) is 0. The molecule has 0 amide bonds. The average Bonchev–Trinajstić information content (AvgIpc) is 2.94. The Morgan fingerprint density at radius 2 is 1.37 bits per heavy atom. The number of aryl methyl sites for hydroxylation is 3. The molecule has 0 aliphatic rings. The van der Waals surface area contributed by atoms with Crippen molar-refractivity contribution in [3.8, 4) is 11.1 Å². The summed E-state index contributed by atoms with van der Waals surface area (Å²) in [5.41, 5.74) is 7.98. The molecule has 2 rings (SSSR count). The van der Waals surface area contributed by atoms with Crippen LogP contribution in [0.5, 0.6) is 0 Å². The van der Waals surface area contributed by atoms with Crippen LogP contribution < -0.4 is 5.32 Å². The molecule has 0 radical (unpaired) electrons. The van der Waals surface area contributed by atoms with Crippen LogP contribution in [0.1, 0.15) is 138 Å². The molecule has 0 aromatic heterocycles. The van der Waals surface area contributed by atoms with E-state index < -0.39 is 0 Å². The topological polar surface area (TPSA) is 12.0 Å². The van der Waals surface area contributed by atoms with Gasteiger partial charge in [-0.3, -0.25) is 0 Å². The van der Waals surface area contributed by atoms with E-state index in [1.807, 2.05) is 26.8 Å². The van der Waals surface area contributed by atoms with Crippen LogP contribution in [0.25, 0.3) is 11.1 Å². The second-order valence-electron chi connectivity index (χ2n) is 10.6. The number of allylic oxidation sites excluding steroid dienone is 2. The van der Waals surface area contributed by atoms with E-state index in [1.54, 1.807) is 12.4 Å². The van der Waals surface area contributed by atoms with E-state index >= 15 is 0 Å². The quantitative estimate of drug-likeness (QED) is 0.223. The zero-order valence-corrected chi connectivity index (χ0v) is 29.9. The first kappa shape index (κ1) is 45.4. The number of benzene rings is 2. The first-order valence-corrected chi connectivity index (χ1v) is 16.5. The lowest BCUT2D eigenvalue weighted by Crippen LogP contribution is -1.89. The van der Waals surface area contributed by atoms with Gasteiger partial charge in [-0.2, -0.15) is 0 Å². The van der Waals surface area contributed by atoms with Gasteiger partial charge in [0.2, 0.25) is 0 Å². The maximum Gasteiger partial charge on any atom is 0.000661 e. The minimum absolute atomic E-state index is 0.833. The number of rotatable bonds is 10. The summed E-state index contributed by atoms with van der Waals surface area (Å²) in [5, 5.41) is 2.80. The third-order valence-electron chi connectivity index (χ3n) is 5.03. The molecule has 0 bridgehead atoms. The lowest BCUT2D eigenvalue weighted by molar-refractivity contribution is 0.702. The third kappa shape index (κ3) is 33.6. The van der Waals surface area contributed by atoms with Crippen LogP contribution in [0.15, 0.2) is 79.7 Å². The van der Waals surface area contributed by atoms with E-state index in [0.29, 0.717) is 0 Å². The van der Waals surface area contributed by atoms with Gasteiger partial charge in [-0.05, 0) is 72.7 Å². The zero-order chi connectivity index (χ0) is 32.5. The fourth-order valence-electron chi connectivity index (χ4n) is 3.14. The number of nitrogens with one attached hydrogen (secondary N) is 1. The molecule has 0 aliphatic carbocycles. The maximum absolute atomic E-state index is 3.67. The lowest BCUT2D eigenvalue weighted by atomic mass is 9.95. The fraction of sp³-hybridized carbons (Fsp3) is 0.550. The Balaban J connectivity index is -0.000000248. The molecule has 2 aromatic carbocycles. The minimum atomic E-state index is 0.833. The molecule has 2 aromatic rings. The van der Waals surface area contributed by atoms with Gasteiger partial charge in [0.15, 0.2) is 0 Å². The highest BCUT2D eigenvalue weighted by atomic mass is 14.8. The van der Waals surface area contributed by atoms with Crippen molar-refractivity contribution in [1.82, 2.24) is 5.32 Å². The van der Waals surface area contributed by atoms with E-state index in [1.165, 1.54) is 72.8 Å². The minimum Gasteiger partial charge on any atom is -0.368 e. The molecule has 1 heteroatoms. The summed E-state index contributed by atoms with van der Waals surface area (Å²) < 4.78 is 0. The first-order chi connectivity index (χ1) is 19.6. The van der Waals surface area contributed by atoms with Gasteiger partial charge >= 0.3 is 0 Å². The van der Waals surface area contributed by atoms with E-state index in [0.717, 1.165) is 17.9 Å². The standard InChI is InChI=1S/C18H22.C7H11N.C6H14.C4H10.C3H8.C2H6/c1-4-7-16-8-6-9-17(12-16)18-13-15(5-2)11-10-14(18)3;1-4-8-6-5-7(2)3;1-3-5-6-4-2;1-4(2)3;1-3-2;1-2/h6,8-13H,4-5,7H2,1-3H3;4-6,8H,1-2H2,3H3;3-6H2,1-2H3;4H,1-3H3;3H2,1-2H3;1-2H3/b;6-5+;;;;. The monoisotopic (exact) mass is 566 g/mol. The highest BCUT2D eigenvalue weighted by Crippen LogP contribution is 2.26. The Morgan fingerprint density at radius 3 is 1.78 bits per heavy atom. The Kier molecular flexibility index (Phi) is 39.3. The molecule has 0 fully saturated rings. The molecule has 0 saturated heterocycles. The number of hydrogen-bond donors (Lipinski definition) is 1. The molecule has 0 saturated carbocycles. The average molecular weight is 566 g/mol. The molecule has 0 aliphatic heterocycles. The molecule has 0 atom stereocenters. The van der Waals surface area contributed by atoms with Crippen LogP contribution in [0, 0.1) is 12.8 Å². The van der Waals surface area contributed by atoms with Crippen LogP contribution >= 0.6 is 0 Å². The zero-order valence-electron chi connectivity index (χ0n) is 29.9. The van der Waals surface area contributed by atoms with Crippen LogP contribution in [-0.2, 0) is 12.8 Å². The van der Waals surface area contributed by atoms with Crippen molar-refractivity contribution in [2.24, 2.45) is 5.92 Å². The Bertz CT molecular complexity index is 850. The van der Waals surface area contributed by atoms with Gasteiger partial charge < -0.3 is 5.32 Å². The highest BCUT2D eigenvalue weighted by molar-refractivity contribution is 5.68. The van der Waals surface area contributed by atoms with Crippen molar-refractivity contribution in [1.29, 1.82) is 0 Å².